The SMILES string of the molecule is CCc1cc(-c2nnc(SCC(=O)Nc3cccc(C(C)=O)c3)n2C)cs1. The zero-order chi connectivity index (χ0) is 19.4. The summed E-state index contributed by atoms with van der Waals surface area (Å²) in [6.45, 7) is 3.62. The largest absolute Gasteiger partial charge is 0.325 e. The van der Waals surface area contributed by atoms with Crippen LogP contribution >= 0.6 is 23.1 Å². The van der Waals surface area contributed by atoms with Crippen LogP contribution < -0.4 is 5.32 Å². The first-order chi connectivity index (χ1) is 13.0. The Bertz CT molecular complexity index is 978. The number of aryl methyl sites for hydroxylation is 1. The van der Waals surface area contributed by atoms with Gasteiger partial charge in [0, 0.05) is 34.1 Å². The molecule has 3 rings (SSSR count). The molecule has 0 bridgehead atoms. The summed E-state index contributed by atoms with van der Waals surface area (Å²) < 4.78 is 1.90. The molecule has 0 aliphatic rings. The Morgan fingerprint density at radius 1 is 1.26 bits per heavy atom. The summed E-state index contributed by atoms with van der Waals surface area (Å²) in [6.07, 6.45) is 0.995. The Balaban J connectivity index is 1.62. The van der Waals surface area contributed by atoms with Gasteiger partial charge in [0.05, 0.1) is 5.75 Å². The van der Waals surface area contributed by atoms with Crippen molar-refractivity contribution in [2.24, 2.45) is 7.05 Å². The van der Waals surface area contributed by atoms with Crippen molar-refractivity contribution in [2.45, 2.75) is 25.4 Å². The molecule has 1 amide bonds. The Labute approximate surface area is 166 Å². The van der Waals surface area contributed by atoms with Gasteiger partial charge in [-0.25, -0.2) is 0 Å². The summed E-state index contributed by atoms with van der Waals surface area (Å²) in [6, 6.07) is 9.03. The molecule has 0 spiro atoms. The van der Waals surface area contributed by atoms with Crippen LogP contribution in [0.5, 0.6) is 0 Å². The van der Waals surface area contributed by atoms with Gasteiger partial charge < -0.3 is 9.88 Å². The smallest absolute Gasteiger partial charge is 0.234 e. The fraction of sp³-hybridized carbons (Fsp3) is 0.263. The first-order valence-corrected chi connectivity index (χ1v) is 10.3. The molecule has 3 aromatic rings. The molecule has 6 nitrogen and oxygen atoms in total. The van der Waals surface area contributed by atoms with Gasteiger partial charge in [-0.2, -0.15) is 0 Å². The van der Waals surface area contributed by atoms with Crippen molar-refractivity contribution in [1.29, 1.82) is 0 Å². The number of aromatic nitrogens is 3. The lowest BCUT2D eigenvalue weighted by atomic mass is 10.1. The highest BCUT2D eigenvalue weighted by Gasteiger charge is 2.14. The minimum absolute atomic E-state index is 0.0354. The predicted molar refractivity (Wildman–Crippen MR) is 109 cm³/mol. The molecular weight excluding hydrogens is 380 g/mol. The highest BCUT2D eigenvalue weighted by atomic mass is 32.2. The quantitative estimate of drug-likeness (QED) is 0.478. The standard InChI is InChI=1S/C19H20N4O2S2/c1-4-16-9-14(10-26-16)18-21-22-19(23(18)3)27-11-17(25)20-15-7-5-6-13(8-15)12(2)24/h5-10H,4,11H2,1-3H3,(H,20,25). The van der Waals surface area contributed by atoms with Gasteiger partial charge in [-0.3, -0.25) is 9.59 Å². The predicted octanol–water partition coefficient (Wildman–Crippen LogP) is 4.04. The maximum atomic E-state index is 12.2. The maximum absolute atomic E-state index is 12.2. The van der Waals surface area contributed by atoms with E-state index in [-0.39, 0.29) is 17.4 Å². The van der Waals surface area contributed by atoms with Crippen LogP contribution in [0.2, 0.25) is 0 Å². The van der Waals surface area contributed by atoms with E-state index in [2.05, 4.69) is 33.9 Å². The average molecular weight is 401 g/mol. The normalized spacial score (nSPS) is 10.8. The third kappa shape index (κ3) is 4.64. The number of nitrogens with one attached hydrogen (secondary N) is 1. The number of carbonyl (C=O) groups is 2. The van der Waals surface area contributed by atoms with E-state index >= 15 is 0 Å². The molecule has 140 valence electrons. The zero-order valence-corrected chi connectivity index (χ0v) is 17.0. The minimum Gasteiger partial charge on any atom is -0.325 e. The number of carbonyl (C=O) groups excluding carboxylic acids is 2. The maximum Gasteiger partial charge on any atom is 0.234 e. The first kappa shape index (κ1) is 19.3. The highest BCUT2D eigenvalue weighted by molar-refractivity contribution is 7.99. The third-order valence-corrected chi connectivity index (χ3v) is 6.08. The molecule has 0 aliphatic carbocycles. The minimum atomic E-state index is -0.158. The van der Waals surface area contributed by atoms with Gasteiger partial charge in [0.15, 0.2) is 16.8 Å². The van der Waals surface area contributed by atoms with E-state index in [0.29, 0.717) is 16.4 Å². The molecular formula is C19H20N4O2S2. The number of anilines is 1. The zero-order valence-electron chi connectivity index (χ0n) is 15.4. The molecule has 0 fully saturated rings. The summed E-state index contributed by atoms with van der Waals surface area (Å²) in [4.78, 5) is 25.0. The van der Waals surface area contributed by atoms with E-state index < -0.39 is 0 Å². The van der Waals surface area contributed by atoms with Crippen molar-refractivity contribution in [1.82, 2.24) is 14.8 Å². The van der Waals surface area contributed by atoms with Gasteiger partial charge in [-0.05, 0) is 31.5 Å². The Morgan fingerprint density at radius 2 is 2.07 bits per heavy atom. The van der Waals surface area contributed by atoms with E-state index in [1.807, 2.05) is 11.6 Å². The molecule has 2 heterocycles. The van der Waals surface area contributed by atoms with Crippen LogP contribution in [0.25, 0.3) is 11.4 Å². The van der Waals surface area contributed by atoms with Crippen LogP contribution in [0.4, 0.5) is 5.69 Å². The summed E-state index contributed by atoms with van der Waals surface area (Å²) >= 11 is 3.04. The van der Waals surface area contributed by atoms with Gasteiger partial charge >= 0.3 is 0 Å². The number of benzene rings is 1. The molecule has 0 radical (unpaired) electrons. The Morgan fingerprint density at radius 3 is 2.78 bits per heavy atom. The first-order valence-electron chi connectivity index (χ1n) is 8.48. The van der Waals surface area contributed by atoms with Crippen LogP contribution in [0, 0.1) is 0 Å². The lowest BCUT2D eigenvalue weighted by Crippen LogP contribution is -2.14. The van der Waals surface area contributed by atoms with E-state index in [4.69, 9.17) is 0 Å². The molecule has 0 saturated carbocycles. The van der Waals surface area contributed by atoms with Crippen molar-refractivity contribution in [3.8, 4) is 11.4 Å². The molecule has 0 atom stereocenters. The molecule has 0 saturated heterocycles. The topological polar surface area (TPSA) is 76.9 Å². The van der Waals surface area contributed by atoms with Crippen molar-refractivity contribution >= 4 is 40.5 Å². The van der Waals surface area contributed by atoms with Crippen molar-refractivity contribution in [2.75, 3.05) is 11.1 Å². The number of thiophene rings is 1. The van der Waals surface area contributed by atoms with Crippen LogP contribution in [0.15, 0.2) is 40.9 Å². The summed E-state index contributed by atoms with van der Waals surface area (Å²) in [5.41, 5.74) is 2.22. The summed E-state index contributed by atoms with van der Waals surface area (Å²) in [5.74, 6) is 0.809. The monoisotopic (exact) mass is 400 g/mol. The van der Waals surface area contributed by atoms with E-state index in [1.54, 1.807) is 35.6 Å². The molecule has 1 N–H and O–H groups in total. The number of thioether (sulfide) groups is 1. The van der Waals surface area contributed by atoms with E-state index in [9.17, 15) is 9.59 Å². The van der Waals surface area contributed by atoms with E-state index in [1.165, 1.54) is 23.6 Å². The van der Waals surface area contributed by atoms with Gasteiger partial charge in [-0.15, -0.1) is 21.5 Å². The number of Topliss-reactive ketones (excluding diaryl/α,β-unsaturated/α-hetero) is 1. The average Bonchev–Trinajstić information content (AvgIpc) is 3.26. The number of rotatable bonds is 7. The molecule has 27 heavy (non-hydrogen) atoms. The van der Waals surface area contributed by atoms with E-state index in [0.717, 1.165) is 17.8 Å². The molecule has 0 aliphatic heterocycles. The molecule has 8 heteroatoms. The highest BCUT2D eigenvalue weighted by Crippen LogP contribution is 2.27. The van der Waals surface area contributed by atoms with Crippen LogP contribution in [-0.2, 0) is 18.3 Å². The fourth-order valence-electron chi connectivity index (χ4n) is 2.52. The lowest BCUT2D eigenvalue weighted by molar-refractivity contribution is -0.113. The van der Waals surface area contributed by atoms with Gasteiger partial charge in [-0.1, -0.05) is 30.8 Å². The summed E-state index contributed by atoms with van der Waals surface area (Å²) in [5, 5.41) is 14.0. The second-order valence-electron chi connectivity index (χ2n) is 5.99. The second kappa shape index (κ2) is 8.49. The van der Waals surface area contributed by atoms with Gasteiger partial charge in [0.2, 0.25) is 5.91 Å². The number of ketones is 1. The second-order valence-corrected chi connectivity index (χ2v) is 7.93. The van der Waals surface area contributed by atoms with Crippen LogP contribution in [0.3, 0.4) is 0 Å². The number of nitrogens with zero attached hydrogens (tertiary/aromatic N) is 3. The van der Waals surface area contributed by atoms with Crippen LogP contribution in [0.1, 0.15) is 29.1 Å². The number of hydrogen-bond donors (Lipinski definition) is 1. The van der Waals surface area contributed by atoms with Crippen molar-refractivity contribution in [3.63, 3.8) is 0 Å². The Kier molecular flexibility index (Phi) is 6.08. The molecule has 1 aromatic carbocycles. The summed E-state index contributed by atoms with van der Waals surface area (Å²) in [7, 11) is 1.90. The Hall–Kier alpha value is -2.45. The molecule has 2 aromatic heterocycles. The molecule has 0 unspecified atom stereocenters. The fourth-order valence-corrected chi connectivity index (χ4v) is 4.04. The van der Waals surface area contributed by atoms with Gasteiger partial charge in [0.1, 0.15) is 0 Å². The third-order valence-electron chi connectivity index (χ3n) is 3.98. The van der Waals surface area contributed by atoms with Crippen molar-refractivity contribution < 1.29 is 9.59 Å². The van der Waals surface area contributed by atoms with Crippen LogP contribution in [-0.4, -0.2) is 32.2 Å². The number of hydrogen-bond acceptors (Lipinski definition) is 6. The van der Waals surface area contributed by atoms with Gasteiger partial charge in [0.25, 0.3) is 0 Å². The number of amides is 1. The lowest BCUT2D eigenvalue weighted by Gasteiger charge is -2.06. The van der Waals surface area contributed by atoms with Crippen molar-refractivity contribution in [3.05, 3.63) is 46.2 Å².